The Bertz CT molecular complexity index is 1260. The molecule has 1 aliphatic heterocycles. The summed E-state index contributed by atoms with van der Waals surface area (Å²) >= 11 is 0. The molecule has 4 atom stereocenters. The lowest BCUT2D eigenvalue weighted by Gasteiger charge is -2.19. The molecule has 11 heteroatoms. The minimum absolute atomic E-state index is 0.0344. The summed E-state index contributed by atoms with van der Waals surface area (Å²) in [5.41, 5.74) is 5.34. The molecule has 1 fully saturated rings. The van der Waals surface area contributed by atoms with Crippen molar-refractivity contribution in [2.45, 2.75) is 161 Å². The summed E-state index contributed by atoms with van der Waals surface area (Å²) in [6.45, 7) is 3.46. The highest BCUT2D eigenvalue weighted by molar-refractivity contribution is 7.47. The number of phosphoric ester groups is 1. The monoisotopic (exact) mass is 804 g/mol. The highest BCUT2D eigenvalue weighted by atomic mass is 31.2. The first kappa shape index (κ1) is 51.2. The summed E-state index contributed by atoms with van der Waals surface area (Å²) in [6.07, 6.45) is 47.9. The van der Waals surface area contributed by atoms with E-state index < -0.39 is 32.5 Å². The van der Waals surface area contributed by atoms with E-state index in [1.165, 1.54) is 25.7 Å². The molecular formula is C45H74NO9P. The highest BCUT2D eigenvalue weighted by Gasteiger charge is 2.36. The molecule has 1 aliphatic rings. The number of nitrogens with two attached hydrogens (primary N) is 1. The SMILES string of the molecule is CC/C=C\C/C=C\C/C=C\C/C=C\CCCCCCC(=O)OC[C@H](COP(=O)(O)OCCN)OC(=O)CCC/C=C\C/C=C\C/C=C\CC1OC1CCCCC. The van der Waals surface area contributed by atoms with Gasteiger partial charge in [0.05, 0.1) is 25.4 Å². The van der Waals surface area contributed by atoms with Crippen molar-refractivity contribution in [2.24, 2.45) is 5.73 Å². The third kappa shape index (κ3) is 33.3. The minimum Gasteiger partial charge on any atom is -0.462 e. The fraction of sp³-hybridized carbons (Fsp3) is 0.644. The zero-order valence-corrected chi connectivity index (χ0v) is 35.4. The number of carbonyl (C=O) groups excluding carboxylic acids is 2. The number of rotatable bonds is 37. The van der Waals surface area contributed by atoms with Gasteiger partial charge in [-0.3, -0.25) is 18.6 Å². The van der Waals surface area contributed by atoms with Gasteiger partial charge in [0, 0.05) is 19.4 Å². The van der Waals surface area contributed by atoms with Gasteiger partial charge in [-0.25, -0.2) is 4.57 Å². The molecule has 3 unspecified atom stereocenters. The smallest absolute Gasteiger partial charge is 0.462 e. The number of hydrogen-bond acceptors (Lipinski definition) is 9. The quantitative estimate of drug-likeness (QED) is 0.0204. The first-order valence-corrected chi connectivity index (χ1v) is 22.7. The van der Waals surface area contributed by atoms with E-state index in [0.29, 0.717) is 31.5 Å². The van der Waals surface area contributed by atoms with Crippen LogP contribution in [-0.4, -0.2) is 61.5 Å². The Kier molecular flexibility index (Phi) is 33.3. The normalized spacial score (nSPS) is 17.8. The van der Waals surface area contributed by atoms with Crippen molar-refractivity contribution in [2.75, 3.05) is 26.4 Å². The van der Waals surface area contributed by atoms with Gasteiger partial charge in [0.25, 0.3) is 0 Å². The Hall–Kier alpha value is -2.85. The second-order valence-corrected chi connectivity index (χ2v) is 15.3. The van der Waals surface area contributed by atoms with E-state index in [2.05, 4.69) is 92.8 Å². The fourth-order valence-corrected chi connectivity index (χ4v) is 6.24. The molecule has 1 saturated heterocycles. The standard InChI is InChI=1S/C45H74NO9P/c1-3-5-7-8-9-10-11-12-13-14-15-16-17-21-24-27-31-35-44(47)51-39-41(40-53-56(49,50)52-38-37-46)54-45(48)36-32-28-25-22-19-18-20-23-26-30-34-43-42(55-43)33-29-6-4-2/h5,7,9-10,12-13,15-16,18,20,22,25-26,30,41-43H,3-4,6,8,11,14,17,19,21,23-24,27-29,31-40,46H2,1-2H3,(H,49,50)/b7-5-,10-9-,13-12-,16-15-,20-18-,25-22-,30-26-/t41-,42?,43?/m1/s1. The van der Waals surface area contributed by atoms with Crippen LogP contribution in [0.2, 0.25) is 0 Å². The lowest BCUT2D eigenvalue weighted by Crippen LogP contribution is -2.29. The maximum absolute atomic E-state index is 12.6. The number of ether oxygens (including phenoxy) is 3. The second-order valence-electron chi connectivity index (χ2n) is 13.9. The largest absolute Gasteiger partial charge is 0.472 e. The van der Waals surface area contributed by atoms with E-state index in [4.69, 9.17) is 29.0 Å². The maximum atomic E-state index is 12.6. The molecule has 0 aromatic carbocycles. The number of unbranched alkanes of at least 4 members (excludes halogenated alkanes) is 7. The Labute approximate surface area is 339 Å². The van der Waals surface area contributed by atoms with Crippen LogP contribution in [0.25, 0.3) is 0 Å². The molecule has 1 rings (SSSR count). The molecule has 0 aliphatic carbocycles. The Morgan fingerprint density at radius 1 is 0.661 bits per heavy atom. The second kappa shape index (κ2) is 36.5. The molecule has 0 amide bonds. The topological polar surface area (TPSA) is 147 Å². The Morgan fingerprint density at radius 3 is 1.86 bits per heavy atom. The van der Waals surface area contributed by atoms with Crippen LogP contribution in [0.4, 0.5) is 0 Å². The van der Waals surface area contributed by atoms with Gasteiger partial charge in [0.1, 0.15) is 6.61 Å². The molecule has 0 aromatic heterocycles. The number of epoxide rings is 1. The molecule has 0 aromatic rings. The lowest BCUT2D eigenvalue weighted by molar-refractivity contribution is -0.161. The maximum Gasteiger partial charge on any atom is 0.472 e. The first-order valence-electron chi connectivity index (χ1n) is 21.2. The average molecular weight is 804 g/mol. The summed E-state index contributed by atoms with van der Waals surface area (Å²) in [4.78, 5) is 34.8. The van der Waals surface area contributed by atoms with Gasteiger partial charge in [0.15, 0.2) is 6.10 Å². The van der Waals surface area contributed by atoms with E-state index in [1.54, 1.807) is 0 Å². The number of phosphoric acid groups is 1. The van der Waals surface area contributed by atoms with Crippen LogP contribution in [0, 0.1) is 0 Å². The fourth-order valence-electron chi connectivity index (χ4n) is 5.47. The van der Waals surface area contributed by atoms with Crippen LogP contribution in [-0.2, 0) is 37.4 Å². The third-order valence-corrected chi connectivity index (χ3v) is 9.67. The van der Waals surface area contributed by atoms with Crippen molar-refractivity contribution < 1.29 is 42.3 Å². The zero-order valence-electron chi connectivity index (χ0n) is 34.5. The molecule has 318 valence electrons. The molecule has 0 spiro atoms. The van der Waals surface area contributed by atoms with E-state index in [0.717, 1.165) is 70.6 Å². The van der Waals surface area contributed by atoms with Crippen LogP contribution in [0.15, 0.2) is 85.1 Å². The zero-order chi connectivity index (χ0) is 40.8. The summed E-state index contributed by atoms with van der Waals surface area (Å²) < 4.78 is 38.4. The highest BCUT2D eigenvalue weighted by Crippen LogP contribution is 2.43. The number of allylic oxidation sites excluding steroid dienone is 13. The lowest BCUT2D eigenvalue weighted by atomic mass is 10.1. The van der Waals surface area contributed by atoms with E-state index >= 15 is 0 Å². The Balaban J connectivity index is 2.25. The van der Waals surface area contributed by atoms with Gasteiger partial charge in [0.2, 0.25) is 0 Å². The molecule has 0 radical (unpaired) electrons. The average Bonchev–Trinajstić information content (AvgIpc) is 3.94. The van der Waals surface area contributed by atoms with Gasteiger partial charge in [-0.15, -0.1) is 0 Å². The van der Waals surface area contributed by atoms with E-state index in [9.17, 15) is 19.0 Å². The molecule has 1 heterocycles. The van der Waals surface area contributed by atoms with Crippen molar-refractivity contribution in [3.63, 3.8) is 0 Å². The van der Waals surface area contributed by atoms with Crippen molar-refractivity contribution in [3.8, 4) is 0 Å². The van der Waals surface area contributed by atoms with Crippen LogP contribution in [0.3, 0.4) is 0 Å². The van der Waals surface area contributed by atoms with E-state index in [1.807, 2.05) is 6.08 Å². The summed E-state index contributed by atoms with van der Waals surface area (Å²) in [7, 11) is -4.41. The molecule has 10 nitrogen and oxygen atoms in total. The van der Waals surface area contributed by atoms with Crippen LogP contribution in [0.5, 0.6) is 0 Å². The molecule has 0 saturated carbocycles. The minimum atomic E-state index is -4.41. The third-order valence-electron chi connectivity index (χ3n) is 8.69. The predicted molar refractivity (Wildman–Crippen MR) is 228 cm³/mol. The number of carbonyl (C=O) groups is 2. The van der Waals surface area contributed by atoms with Crippen LogP contribution >= 0.6 is 7.82 Å². The van der Waals surface area contributed by atoms with Crippen molar-refractivity contribution >= 4 is 19.8 Å². The predicted octanol–water partition coefficient (Wildman–Crippen LogP) is 11.0. The van der Waals surface area contributed by atoms with Gasteiger partial charge in [-0.05, 0) is 83.5 Å². The van der Waals surface area contributed by atoms with E-state index in [-0.39, 0.29) is 32.6 Å². The van der Waals surface area contributed by atoms with Gasteiger partial charge in [-0.1, -0.05) is 131 Å². The first-order chi connectivity index (χ1) is 27.3. The van der Waals surface area contributed by atoms with Crippen molar-refractivity contribution in [3.05, 3.63) is 85.1 Å². The Morgan fingerprint density at radius 2 is 1.23 bits per heavy atom. The van der Waals surface area contributed by atoms with Gasteiger partial charge < -0.3 is 24.8 Å². The van der Waals surface area contributed by atoms with Gasteiger partial charge in [-0.2, -0.15) is 0 Å². The molecule has 3 N–H and O–H groups in total. The van der Waals surface area contributed by atoms with Crippen molar-refractivity contribution in [1.82, 2.24) is 0 Å². The number of esters is 2. The summed E-state index contributed by atoms with van der Waals surface area (Å²) in [6, 6.07) is 0. The molecule has 0 bridgehead atoms. The number of hydrogen-bond donors (Lipinski definition) is 2. The van der Waals surface area contributed by atoms with Crippen LogP contribution in [0.1, 0.15) is 142 Å². The van der Waals surface area contributed by atoms with Crippen LogP contribution < -0.4 is 5.73 Å². The summed E-state index contributed by atoms with van der Waals surface area (Å²) in [5, 5.41) is 0. The molecular weight excluding hydrogens is 729 g/mol. The van der Waals surface area contributed by atoms with Crippen molar-refractivity contribution in [1.29, 1.82) is 0 Å². The van der Waals surface area contributed by atoms with Gasteiger partial charge >= 0.3 is 19.8 Å². The summed E-state index contributed by atoms with van der Waals surface area (Å²) in [5.74, 6) is -0.937. The molecule has 56 heavy (non-hydrogen) atoms.